The molecule has 1 aromatic carbocycles. The van der Waals surface area contributed by atoms with Gasteiger partial charge in [0.25, 0.3) is 10.0 Å². The number of benzene rings is 1. The topological polar surface area (TPSA) is 182 Å². The van der Waals surface area contributed by atoms with Gasteiger partial charge in [-0.3, -0.25) is 14.4 Å². The molecule has 1 heterocycles. The molecule has 0 unspecified atom stereocenters. The standard InChI is InChI=1S/C15H21N7O4S4/c1-29(23,24)22-11-3-2-4-13(7-11)30(25,26)19-10-18-5-6-27-8-12-9-28-15(20-12)21-14(16)17/h2-4,7,9-10,22H,5-6,8H2,1H3,(H,18,19)(H4,16,17,20,21). The van der Waals surface area contributed by atoms with E-state index in [-0.39, 0.29) is 16.5 Å². The van der Waals surface area contributed by atoms with Crippen molar-refractivity contribution in [1.29, 1.82) is 0 Å². The van der Waals surface area contributed by atoms with Crippen molar-refractivity contribution in [1.82, 2.24) is 9.71 Å². The minimum absolute atomic E-state index is 0.0428. The summed E-state index contributed by atoms with van der Waals surface area (Å²) < 4.78 is 51.6. The molecular weight excluding hydrogens is 470 g/mol. The fourth-order valence-electron chi connectivity index (χ4n) is 2.00. The first-order valence-electron chi connectivity index (χ1n) is 8.25. The van der Waals surface area contributed by atoms with E-state index in [1.165, 1.54) is 35.6 Å². The van der Waals surface area contributed by atoms with Crippen LogP contribution in [0.2, 0.25) is 0 Å². The zero-order valence-electron chi connectivity index (χ0n) is 15.8. The van der Waals surface area contributed by atoms with Gasteiger partial charge < -0.3 is 11.5 Å². The quantitative estimate of drug-likeness (QED) is 0.201. The van der Waals surface area contributed by atoms with Crippen LogP contribution in [0.4, 0.5) is 10.8 Å². The van der Waals surface area contributed by atoms with E-state index in [2.05, 4.69) is 24.4 Å². The molecule has 0 aliphatic heterocycles. The van der Waals surface area contributed by atoms with Crippen molar-refractivity contribution in [3.8, 4) is 0 Å². The number of hydrogen-bond donors (Lipinski definition) is 4. The monoisotopic (exact) mass is 491 g/mol. The van der Waals surface area contributed by atoms with Crippen LogP contribution < -0.4 is 20.9 Å². The van der Waals surface area contributed by atoms with Crippen LogP contribution in [0.25, 0.3) is 0 Å². The summed E-state index contributed by atoms with van der Waals surface area (Å²) in [6, 6.07) is 5.46. The molecule has 6 N–H and O–H groups in total. The maximum atomic E-state index is 12.3. The van der Waals surface area contributed by atoms with Crippen LogP contribution in [-0.2, 0) is 25.8 Å². The van der Waals surface area contributed by atoms with Crippen LogP contribution >= 0.6 is 23.1 Å². The Hall–Kier alpha value is -2.36. The van der Waals surface area contributed by atoms with Crippen molar-refractivity contribution in [3.05, 3.63) is 35.3 Å². The van der Waals surface area contributed by atoms with Crippen LogP contribution in [-0.4, -0.2) is 52.7 Å². The average molecular weight is 492 g/mol. The second kappa shape index (κ2) is 10.6. The largest absolute Gasteiger partial charge is 0.370 e. The van der Waals surface area contributed by atoms with E-state index >= 15 is 0 Å². The molecule has 0 amide bonds. The highest BCUT2D eigenvalue weighted by atomic mass is 32.2. The molecule has 30 heavy (non-hydrogen) atoms. The maximum absolute atomic E-state index is 12.3. The first-order valence-corrected chi connectivity index (χ1v) is 13.7. The minimum Gasteiger partial charge on any atom is -0.370 e. The number of guanidine groups is 1. The number of nitrogens with zero attached hydrogens (tertiary/aromatic N) is 3. The Kier molecular flexibility index (Phi) is 8.45. The van der Waals surface area contributed by atoms with Gasteiger partial charge in [-0.05, 0) is 18.2 Å². The smallest absolute Gasteiger partial charge is 0.262 e. The molecule has 0 spiro atoms. The van der Waals surface area contributed by atoms with Crippen molar-refractivity contribution in [2.75, 3.05) is 23.3 Å². The molecule has 0 bridgehead atoms. The van der Waals surface area contributed by atoms with E-state index in [1.807, 2.05) is 5.38 Å². The van der Waals surface area contributed by atoms with Gasteiger partial charge >= 0.3 is 0 Å². The fourth-order valence-corrected chi connectivity index (χ4v) is 4.99. The maximum Gasteiger partial charge on any atom is 0.262 e. The summed E-state index contributed by atoms with van der Waals surface area (Å²) >= 11 is 2.92. The zero-order valence-corrected chi connectivity index (χ0v) is 19.1. The number of rotatable bonds is 11. The van der Waals surface area contributed by atoms with Crippen LogP contribution in [0.3, 0.4) is 0 Å². The lowest BCUT2D eigenvalue weighted by molar-refractivity contribution is 0.592. The summed E-state index contributed by atoms with van der Waals surface area (Å²) in [6.45, 7) is 0.397. The molecule has 0 aliphatic rings. The van der Waals surface area contributed by atoms with Crippen LogP contribution in [0, 0.1) is 0 Å². The third kappa shape index (κ3) is 8.56. The van der Waals surface area contributed by atoms with Gasteiger partial charge in [0.1, 0.15) is 0 Å². The third-order valence-corrected chi connectivity index (χ3v) is 6.78. The van der Waals surface area contributed by atoms with Gasteiger partial charge in [-0.2, -0.15) is 16.8 Å². The summed E-state index contributed by atoms with van der Waals surface area (Å²) in [7, 11) is -7.37. The fraction of sp³-hybridized carbons (Fsp3) is 0.267. The van der Waals surface area contributed by atoms with E-state index in [4.69, 9.17) is 11.5 Å². The van der Waals surface area contributed by atoms with Gasteiger partial charge in [0, 0.05) is 29.1 Å². The molecule has 0 fully saturated rings. The lowest BCUT2D eigenvalue weighted by Crippen LogP contribution is -2.22. The summed E-state index contributed by atoms with van der Waals surface area (Å²) in [5, 5.41) is 2.35. The van der Waals surface area contributed by atoms with Crippen LogP contribution in [0.15, 0.2) is 44.5 Å². The normalized spacial score (nSPS) is 12.0. The van der Waals surface area contributed by atoms with Crippen LogP contribution in [0.1, 0.15) is 5.69 Å². The molecule has 11 nitrogen and oxygen atoms in total. The Labute approximate surface area is 183 Å². The molecule has 0 aliphatic carbocycles. The molecule has 0 atom stereocenters. The third-order valence-electron chi connectivity index (χ3n) is 3.13. The lowest BCUT2D eigenvalue weighted by atomic mass is 10.3. The molecule has 164 valence electrons. The summed E-state index contributed by atoms with van der Waals surface area (Å²) in [4.78, 5) is 12.1. The van der Waals surface area contributed by atoms with Crippen molar-refractivity contribution < 1.29 is 16.8 Å². The second-order valence-corrected chi connectivity index (χ2v) is 11.2. The Morgan fingerprint density at radius 1 is 1.30 bits per heavy atom. The summed E-state index contributed by atoms with van der Waals surface area (Å²) in [5.41, 5.74) is 11.6. The molecule has 0 radical (unpaired) electrons. The van der Waals surface area contributed by atoms with Crippen molar-refractivity contribution in [2.45, 2.75) is 10.6 Å². The zero-order chi connectivity index (χ0) is 22.2. The number of thiazole rings is 1. The molecule has 2 rings (SSSR count). The summed E-state index contributed by atoms with van der Waals surface area (Å²) in [5.74, 6) is 1.26. The highest BCUT2D eigenvalue weighted by molar-refractivity contribution is 7.98. The molecule has 0 saturated carbocycles. The Morgan fingerprint density at radius 2 is 2.07 bits per heavy atom. The molecular formula is C15H21N7O4S4. The SMILES string of the molecule is CS(=O)(=O)Nc1cccc(S(=O)(=O)NC=NCCSCc2csc(N=C(N)N)n2)c1. The number of aliphatic imine (C=N–C) groups is 2. The van der Waals surface area contributed by atoms with Crippen molar-refractivity contribution >= 4 is 66.3 Å². The second-order valence-electron chi connectivity index (χ2n) is 5.77. The van der Waals surface area contributed by atoms with Gasteiger partial charge in [-0.15, -0.1) is 11.3 Å². The molecule has 1 aromatic heterocycles. The Balaban J connectivity index is 1.79. The first-order chi connectivity index (χ1) is 14.0. The highest BCUT2D eigenvalue weighted by Crippen LogP contribution is 2.21. The number of sulfonamides is 2. The number of hydrogen-bond acceptors (Lipinski definition) is 9. The van der Waals surface area contributed by atoms with E-state index in [9.17, 15) is 16.8 Å². The minimum atomic E-state index is -3.86. The van der Waals surface area contributed by atoms with Crippen molar-refractivity contribution in [3.63, 3.8) is 0 Å². The predicted molar refractivity (Wildman–Crippen MR) is 122 cm³/mol. The van der Waals surface area contributed by atoms with E-state index in [0.29, 0.717) is 23.2 Å². The number of thioether (sulfide) groups is 1. The summed E-state index contributed by atoms with van der Waals surface area (Å²) in [6.07, 6.45) is 2.08. The molecule has 0 saturated heterocycles. The Morgan fingerprint density at radius 3 is 2.77 bits per heavy atom. The predicted octanol–water partition coefficient (Wildman–Crippen LogP) is 0.660. The molecule has 15 heteroatoms. The van der Waals surface area contributed by atoms with Crippen LogP contribution in [0.5, 0.6) is 0 Å². The van der Waals surface area contributed by atoms with Gasteiger partial charge in [0.05, 0.1) is 23.2 Å². The van der Waals surface area contributed by atoms with Crippen molar-refractivity contribution in [2.24, 2.45) is 21.5 Å². The highest BCUT2D eigenvalue weighted by Gasteiger charge is 2.13. The number of nitrogens with two attached hydrogens (primary N) is 2. The molecule has 2 aromatic rings. The van der Waals surface area contributed by atoms with E-state index in [0.717, 1.165) is 18.3 Å². The van der Waals surface area contributed by atoms with Gasteiger partial charge in [-0.25, -0.2) is 21.8 Å². The van der Waals surface area contributed by atoms with Gasteiger partial charge in [-0.1, -0.05) is 6.07 Å². The van der Waals surface area contributed by atoms with E-state index < -0.39 is 20.0 Å². The average Bonchev–Trinajstić information content (AvgIpc) is 3.06. The first kappa shape index (κ1) is 23.9. The van der Waals surface area contributed by atoms with E-state index in [1.54, 1.807) is 11.8 Å². The van der Waals surface area contributed by atoms with Gasteiger partial charge in [0.15, 0.2) is 5.96 Å². The number of nitrogens with one attached hydrogen (secondary N) is 2. The number of aromatic nitrogens is 1. The Bertz CT molecular complexity index is 1120. The van der Waals surface area contributed by atoms with Gasteiger partial charge in [0.2, 0.25) is 15.2 Å². The lowest BCUT2D eigenvalue weighted by Gasteiger charge is -2.07. The number of anilines is 1.